The number of hydrogen-bond donors (Lipinski definition) is 1. The normalized spacial score (nSPS) is 19.0. The smallest absolute Gasteiger partial charge is 0.244 e. The summed E-state index contributed by atoms with van der Waals surface area (Å²) in [7, 11) is -3.55. The monoisotopic (exact) mass is 323 g/mol. The molecule has 0 radical (unpaired) electrons. The summed E-state index contributed by atoms with van der Waals surface area (Å²) in [5, 5.41) is 2.65. The largest absolute Gasteiger partial charge is 0.323 e. The van der Waals surface area contributed by atoms with Crippen molar-refractivity contribution in [2.75, 3.05) is 29.9 Å². The molecule has 1 fully saturated rings. The topological polar surface area (TPSA) is 86.8 Å². The molecule has 1 aromatic carbocycles. The Balaban J connectivity index is 2.04. The second-order valence-electron chi connectivity index (χ2n) is 5.44. The fraction of sp³-hybridized carbons (Fsp3) is 0.429. The molecule has 1 N–H and O–H groups in total. The van der Waals surface area contributed by atoms with Crippen molar-refractivity contribution in [3.63, 3.8) is 0 Å². The van der Waals surface area contributed by atoms with Crippen LogP contribution in [0.3, 0.4) is 0 Å². The fourth-order valence-electron chi connectivity index (χ4n) is 2.78. The van der Waals surface area contributed by atoms with Crippen molar-refractivity contribution in [1.82, 2.24) is 4.31 Å². The van der Waals surface area contributed by atoms with Gasteiger partial charge in [0.25, 0.3) is 0 Å². The number of nitrogens with one attached hydrogen (secondary N) is 1. The zero-order chi connectivity index (χ0) is 15.9. The van der Waals surface area contributed by atoms with Crippen molar-refractivity contribution in [2.24, 2.45) is 0 Å². The van der Waals surface area contributed by atoms with E-state index in [-0.39, 0.29) is 23.3 Å². The van der Waals surface area contributed by atoms with E-state index >= 15 is 0 Å². The van der Waals surface area contributed by atoms with Gasteiger partial charge in [-0.05, 0) is 31.0 Å². The van der Waals surface area contributed by atoms with Crippen LogP contribution in [-0.4, -0.2) is 44.2 Å². The highest BCUT2D eigenvalue weighted by Gasteiger charge is 2.30. The van der Waals surface area contributed by atoms with Crippen molar-refractivity contribution in [3.05, 3.63) is 18.2 Å². The molecule has 118 valence electrons. The van der Waals surface area contributed by atoms with Crippen LogP contribution >= 0.6 is 0 Å². The van der Waals surface area contributed by atoms with Crippen LogP contribution in [0.15, 0.2) is 23.1 Å². The summed E-state index contributed by atoms with van der Waals surface area (Å²) >= 11 is 0. The number of carbonyl (C=O) groups is 2. The average molecular weight is 323 g/mol. The highest BCUT2D eigenvalue weighted by Crippen LogP contribution is 2.33. The molecule has 8 heteroatoms. The van der Waals surface area contributed by atoms with Gasteiger partial charge in [0.1, 0.15) is 6.54 Å². The van der Waals surface area contributed by atoms with Crippen LogP contribution in [0.1, 0.15) is 19.8 Å². The lowest BCUT2D eigenvalue weighted by Crippen LogP contribution is -2.41. The number of anilines is 2. The third kappa shape index (κ3) is 2.48. The Morgan fingerprint density at radius 2 is 1.91 bits per heavy atom. The van der Waals surface area contributed by atoms with E-state index in [1.165, 1.54) is 34.3 Å². The number of carbonyl (C=O) groups excluding carboxylic acids is 2. The number of sulfonamides is 1. The first-order valence-electron chi connectivity index (χ1n) is 7.12. The van der Waals surface area contributed by atoms with Crippen molar-refractivity contribution in [1.29, 1.82) is 0 Å². The maximum absolute atomic E-state index is 12.6. The molecule has 0 unspecified atom stereocenters. The maximum atomic E-state index is 12.6. The summed E-state index contributed by atoms with van der Waals surface area (Å²) < 4.78 is 26.6. The number of hydrogen-bond acceptors (Lipinski definition) is 4. The first kappa shape index (κ1) is 15.0. The first-order chi connectivity index (χ1) is 10.4. The van der Waals surface area contributed by atoms with Crippen LogP contribution in [0.4, 0.5) is 11.4 Å². The molecule has 2 aliphatic rings. The molecule has 2 aliphatic heterocycles. The van der Waals surface area contributed by atoms with Gasteiger partial charge in [-0.15, -0.1) is 0 Å². The molecule has 2 heterocycles. The van der Waals surface area contributed by atoms with E-state index in [1.54, 1.807) is 0 Å². The minimum atomic E-state index is -3.55. The summed E-state index contributed by atoms with van der Waals surface area (Å²) in [6, 6.07) is 4.46. The Hall–Kier alpha value is -1.93. The summed E-state index contributed by atoms with van der Waals surface area (Å²) in [6.45, 7) is 2.29. The van der Waals surface area contributed by atoms with Crippen LogP contribution in [0.2, 0.25) is 0 Å². The van der Waals surface area contributed by atoms with Gasteiger partial charge in [0.15, 0.2) is 0 Å². The lowest BCUT2D eigenvalue weighted by Gasteiger charge is -2.29. The molecule has 3 rings (SSSR count). The second kappa shape index (κ2) is 5.36. The van der Waals surface area contributed by atoms with Gasteiger partial charge < -0.3 is 10.2 Å². The molecule has 1 saturated heterocycles. The summed E-state index contributed by atoms with van der Waals surface area (Å²) in [5.74, 6) is -0.593. The van der Waals surface area contributed by atoms with Crippen molar-refractivity contribution < 1.29 is 18.0 Å². The molecule has 0 aromatic heterocycles. The Morgan fingerprint density at radius 1 is 1.23 bits per heavy atom. The summed E-state index contributed by atoms with van der Waals surface area (Å²) in [5.41, 5.74) is 0.874. The molecule has 0 aliphatic carbocycles. The van der Waals surface area contributed by atoms with Gasteiger partial charge in [-0.2, -0.15) is 4.31 Å². The van der Waals surface area contributed by atoms with Crippen LogP contribution in [0.25, 0.3) is 0 Å². The molecule has 7 nitrogen and oxygen atoms in total. The Kier molecular flexibility index (Phi) is 3.65. The lowest BCUT2D eigenvalue weighted by molar-refractivity contribution is -0.120. The Labute approximate surface area is 128 Å². The lowest BCUT2D eigenvalue weighted by atomic mass is 10.2. The van der Waals surface area contributed by atoms with Gasteiger partial charge in [-0.3, -0.25) is 9.59 Å². The second-order valence-corrected chi connectivity index (χ2v) is 7.38. The minimum Gasteiger partial charge on any atom is -0.323 e. The first-order valence-corrected chi connectivity index (χ1v) is 8.56. The minimum absolute atomic E-state index is 0.102. The number of nitrogens with zero attached hydrogens (tertiary/aromatic N) is 2. The van der Waals surface area contributed by atoms with E-state index in [9.17, 15) is 18.0 Å². The highest BCUT2D eigenvalue weighted by atomic mass is 32.2. The number of rotatable bonds is 2. The van der Waals surface area contributed by atoms with Crippen LogP contribution in [0.5, 0.6) is 0 Å². The maximum Gasteiger partial charge on any atom is 0.244 e. The highest BCUT2D eigenvalue weighted by molar-refractivity contribution is 7.89. The van der Waals surface area contributed by atoms with Crippen LogP contribution in [-0.2, 0) is 19.6 Å². The van der Waals surface area contributed by atoms with E-state index in [0.717, 1.165) is 12.8 Å². The molecular formula is C14H17N3O4S. The summed E-state index contributed by atoms with van der Waals surface area (Å²) in [4.78, 5) is 24.7. The molecule has 22 heavy (non-hydrogen) atoms. The third-order valence-electron chi connectivity index (χ3n) is 3.92. The van der Waals surface area contributed by atoms with Crippen LogP contribution < -0.4 is 10.2 Å². The van der Waals surface area contributed by atoms with Crippen LogP contribution in [0, 0.1) is 0 Å². The van der Waals surface area contributed by atoms with Crippen molar-refractivity contribution >= 4 is 33.2 Å². The fourth-order valence-corrected chi connectivity index (χ4v) is 4.32. The number of fused-ring (bicyclic) bond motifs is 1. The van der Waals surface area contributed by atoms with E-state index in [2.05, 4.69) is 5.32 Å². The molecule has 1 aromatic rings. The molecule has 0 spiro atoms. The molecule has 2 amide bonds. The number of benzene rings is 1. The molecule has 0 bridgehead atoms. The van der Waals surface area contributed by atoms with E-state index in [0.29, 0.717) is 24.5 Å². The van der Waals surface area contributed by atoms with E-state index < -0.39 is 10.0 Å². The van der Waals surface area contributed by atoms with Gasteiger partial charge >= 0.3 is 0 Å². The molecule has 0 saturated carbocycles. The van der Waals surface area contributed by atoms with Gasteiger partial charge in [0.05, 0.1) is 16.3 Å². The predicted octanol–water partition coefficient (Wildman–Crippen LogP) is 0.776. The van der Waals surface area contributed by atoms with Gasteiger partial charge in [0.2, 0.25) is 21.8 Å². The van der Waals surface area contributed by atoms with Gasteiger partial charge in [0, 0.05) is 20.0 Å². The SMILES string of the molecule is CC(=O)N1CC(=O)Nc2ccc(S(=O)(=O)N3CCCC3)cc21. The molecule has 0 atom stereocenters. The Bertz CT molecular complexity index is 738. The van der Waals surface area contributed by atoms with E-state index in [4.69, 9.17) is 0 Å². The Morgan fingerprint density at radius 3 is 2.55 bits per heavy atom. The van der Waals surface area contributed by atoms with E-state index in [1.807, 2.05) is 0 Å². The zero-order valence-corrected chi connectivity index (χ0v) is 13.0. The molecular weight excluding hydrogens is 306 g/mol. The standard InChI is InChI=1S/C14H17N3O4S/c1-10(18)17-9-14(19)15-12-5-4-11(8-13(12)17)22(20,21)16-6-2-3-7-16/h4-5,8H,2-3,6-7,9H2,1H3,(H,15,19). The average Bonchev–Trinajstić information content (AvgIpc) is 3.00. The third-order valence-corrected chi connectivity index (χ3v) is 5.81. The zero-order valence-electron chi connectivity index (χ0n) is 12.2. The van der Waals surface area contributed by atoms with Crippen molar-refractivity contribution in [2.45, 2.75) is 24.7 Å². The van der Waals surface area contributed by atoms with Gasteiger partial charge in [-0.1, -0.05) is 0 Å². The predicted molar refractivity (Wildman–Crippen MR) is 81.1 cm³/mol. The van der Waals surface area contributed by atoms with Crippen molar-refractivity contribution in [3.8, 4) is 0 Å². The quantitative estimate of drug-likeness (QED) is 0.871. The number of amides is 2. The van der Waals surface area contributed by atoms with Gasteiger partial charge in [-0.25, -0.2) is 8.42 Å². The summed E-state index contributed by atoms with van der Waals surface area (Å²) in [6.07, 6.45) is 1.72.